The molecule has 1 aromatic carbocycles. The lowest BCUT2D eigenvalue weighted by atomic mass is 10.3. The minimum atomic E-state index is -0.412. The summed E-state index contributed by atoms with van der Waals surface area (Å²) in [6.45, 7) is 6.96. The van der Waals surface area contributed by atoms with Gasteiger partial charge in [0, 0.05) is 31.3 Å². The van der Waals surface area contributed by atoms with Crippen LogP contribution in [-0.4, -0.2) is 48.7 Å². The summed E-state index contributed by atoms with van der Waals surface area (Å²) >= 11 is 0. The second-order valence-corrected chi connectivity index (χ2v) is 5.40. The van der Waals surface area contributed by atoms with E-state index in [1.54, 1.807) is 12.1 Å². The fourth-order valence-corrected chi connectivity index (χ4v) is 2.53. The van der Waals surface area contributed by atoms with E-state index in [4.69, 9.17) is 4.74 Å². The van der Waals surface area contributed by atoms with E-state index in [-0.39, 0.29) is 5.69 Å². The predicted molar refractivity (Wildman–Crippen MR) is 81.7 cm³/mol. The molecule has 0 amide bonds. The first-order chi connectivity index (χ1) is 10.2. The maximum atomic E-state index is 10.5. The molecule has 0 bridgehead atoms. The predicted octanol–water partition coefficient (Wildman–Crippen LogP) is 2.05. The fourth-order valence-electron chi connectivity index (χ4n) is 2.53. The highest BCUT2D eigenvalue weighted by Crippen LogP contribution is 2.17. The Hall–Kier alpha value is -1.66. The number of rotatable bonds is 8. The van der Waals surface area contributed by atoms with E-state index >= 15 is 0 Å². The van der Waals surface area contributed by atoms with Crippen molar-refractivity contribution in [2.45, 2.75) is 25.8 Å². The van der Waals surface area contributed by atoms with E-state index in [1.165, 1.54) is 38.1 Å². The molecule has 1 heterocycles. The lowest BCUT2D eigenvalue weighted by Crippen LogP contribution is -2.39. The first-order valence-electron chi connectivity index (χ1n) is 7.49. The van der Waals surface area contributed by atoms with Crippen molar-refractivity contribution in [1.29, 1.82) is 0 Å². The van der Waals surface area contributed by atoms with Crippen LogP contribution in [0.2, 0.25) is 0 Å². The van der Waals surface area contributed by atoms with Crippen molar-refractivity contribution in [1.82, 2.24) is 10.2 Å². The van der Waals surface area contributed by atoms with Gasteiger partial charge in [0.05, 0.1) is 4.92 Å². The number of nitro groups is 1. The summed E-state index contributed by atoms with van der Waals surface area (Å²) in [6, 6.07) is 6.73. The summed E-state index contributed by atoms with van der Waals surface area (Å²) in [5.41, 5.74) is 0.0833. The number of hydrogen-bond donors (Lipinski definition) is 1. The number of ether oxygens (including phenoxy) is 1. The van der Waals surface area contributed by atoms with Gasteiger partial charge in [-0.1, -0.05) is 0 Å². The van der Waals surface area contributed by atoms with E-state index in [1.807, 2.05) is 0 Å². The smallest absolute Gasteiger partial charge is 0.269 e. The molecule has 6 heteroatoms. The molecule has 21 heavy (non-hydrogen) atoms. The second-order valence-electron chi connectivity index (χ2n) is 5.40. The summed E-state index contributed by atoms with van der Waals surface area (Å²) in [4.78, 5) is 12.6. The van der Waals surface area contributed by atoms with Crippen LogP contribution in [0.15, 0.2) is 24.3 Å². The fraction of sp³-hybridized carbons (Fsp3) is 0.600. The average molecular weight is 293 g/mol. The molecular weight excluding hydrogens is 270 g/mol. The third kappa shape index (κ3) is 4.99. The molecule has 1 fully saturated rings. The largest absolute Gasteiger partial charge is 0.492 e. The van der Waals surface area contributed by atoms with Crippen molar-refractivity contribution in [2.24, 2.45) is 0 Å². The van der Waals surface area contributed by atoms with Crippen LogP contribution in [0, 0.1) is 10.1 Å². The van der Waals surface area contributed by atoms with Gasteiger partial charge in [-0.05, 0) is 45.0 Å². The van der Waals surface area contributed by atoms with Gasteiger partial charge in [-0.2, -0.15) is 0 Å². The molecule has 1 unspecified atom stereocenters. The van der Waals surface area contributed by atoms with Crippen molar-refractivity contribution in [3.05, 3.63) is 34.4 Å². The number of non-ortho nitro benzene ring substituents is 1. The van der Waals surface area contributed by atoms with E-state index in [9.17, 15) is 10.1 Å². The molecule has 6 nitrogen and oxygen atoms in total. The summed E-state index contributed by atoms with van der Waals surface area (Å²) in [5.74, 6) is 0.662. The zero-order chi connectivity index (χ0) is 15.1. The molecular formula is C15H23N3O3. The van der Waals surface area contributed by atoms with Gasteiger partial charge >= 0.3 is 0 Å². The molecule has 116 valence electrons. The van der Waals surface area contributed by atoms with Gasteiger partial charge in [-0.15, -0.1) is 0 Å². The van der Waals surface area contributed by atoms with Crippen LogP contribution in [0.3, 0.4) is 0 Å². The minimum absolute atomic E-state index is 0.0833. The standard InChI is InChI=1S/C15H23N3O3/c1-13(17-9-2-3-10-17)12-16-8-11-21-15-6-4-14(5-7-15)18(19)20/h4-7,13,16H,2-3,8-12H2,1H3. The Bertz CT molecular complexity index is 444. The highest BCUT2D eigenvalue weighted by Gasteiger charge is 2.17. The summed E-state index contributed by atoms with van der Waals surface area (Å²) in [5, 5.41) is 13.9. The van der Waals surface area contributed by atoms with Crippen LogP contribution in [0.1, 0.15) is 19.8 Å². The molecule has 0 aromatic heterocycles. The zero-order valence-electron chi connectivity index (χ0n) is 12.5. The van der Waals surface area contributed by atoms with Crippen LogP contribution in [0.4, 0.5) is 5.69 Å². The number of nitrogens with zero attached hydrogens (tertiary/aromatic N) is 2. The van der Waals surface area contributed by atoms with Crippen molar-refractivity contribution in [2.75, 3.05) is 32.8 Å². The number of likely N-dealkylation sites (tertiary alicyclic amines) is 1. The molecule has 0 saturated carbocycles. The third-order valence-corrected chi connectivity index (χ3v) is 3.80. The first kappa shape index (κ1) is 15.7. The van der Waals surface area contributed by atoms with Crippen molar-refractivity contribution >= 4 is 5.69 Å². The van der Waals surface area contributed by atoms with Gasteiger partial charge in [-0.3, -0.25) is 15.0 Å². The molecule has 1 atom stereocenters. The quantitative estimate of drug-likeness (QED) is 0.451. The van der Waals surface area contributed by atoms with Crippen LogP contribution in [-0.2, 0) is 0 Å². The summed E-state index contributed by atoms with van der Waals surface area (Å²) < 4.78 is 5.55. The molecule has 1 aliphatic heterocycles. The van der Waals surface area contributed by atoms with E-state index < -0.39 is 4.92 Å². The SMILES string of the molecule is CC(CNCCOc1ccc([N+](=O)[O-])cc1)N1CCCC1. The Morgan fingerprint density at radius 3 is 2.62 bits per heavy atom. The Balaban J connectivity index is 1.59. The van der Waals surface area contributed by atoms with Crippen LogP contribution >= 0.6 is 0 Å². The van der Waals surface area contributed by atoms with Crippen LogP contribution in [0.25, 0.3) is 0 Å². The normalized spacial score (nSPS) is 16.8. The Labute approximate surface area is 125 Å². The maximum absolute atomic E-state index is 10.5. The number of benzene rings is 1. The highest BCUT2D eigenvalue weighted by atomic mass is 16.6. The number of hydrogen-bond acceptors (Lipinski definition) is 5. The Morgan fingerprint density at radius 1 is 1.33 bits per heavy atom. The van der Waals surface area contributed by atoms with Crippen molar-refractivity contribution < 1.29 is 9.66 Å². The van der Waals surface area contributed by atoms with Gasteiger partial charge in [0.1, 0.15) is 12.4 Å². The molecule has 0 radical (unpaired) electrons. The number of nitrogens with one attached hydrogen (secondary N) is 1. The first-order valence-corrected chi connectivity index (χ1v) is 7.49. The van der Waals surface area contributed by atoms with Gasteiger partial charge in [0.25, 0.3) is 5.69 Å². The Kier molecular flexibility index (Phi) is 5.95. The van der Waals surface area contributed by atoms with Gasteiger partial charge in [-0.25, -0.2) is 0 Å². The average Bonchev–Trinajstić information content (AvgIpc) is 3.01. The minimum Gasteiger partial charge on any atom is -0.492 e. The lowest BCUT2D eigenvalue weighted by molar-refractivity contribution is -0.384. The lowest BCUT2D eigenvalue weighted by Gasteiger charge is -2.23. The monoisotopic (exact) mass is 293 g/mol. The van der Waals surface area contributed by atoms with E-state index in [0.717, 1.165) is 13.1 Å². The molecule has 2 rings (SSSR count). The van der Waals surface area contributed by atoms with E-state index in [0.29, 0.717) is 18.4 Å². The molecule has 0 spiro atoms. The van der Waals surface area contributed by atoms with Gasteiger partial charge in [0.2, 0.25) is 0 Å². The van der Waals surface area contributed by atoms with E-state index in [2.05, 4.69) is 17.1 Å². The molecule has 1 saturated heterocycles. The summed E-state index contributed by atoms with van der Waals surface area (Å²) in [6.07, 6.45) is 2.63. The molecule has 0 aliphatic carbocycles. The zero-order valence-corrected chi connectivity index (χ0v) is 12.5. The van der Waals surface area contributed by atoms with Gasteiger partial charge < -0.3 is 10.1 Å². The Morgan fingerprint density at radius 2 is 2.00 bits per heavy atom. The summed E-state index contributed by atoms with van der Waals surface area (Å²) in [7, 11) is 0. The van der Waals surface area contributed by atoms with Crippen LogP contribution in [0.5, 0.6) is 5.75 Å². The second kappa shape index (κ2) is 7.95. The van der Waals surface area contributed by atoms with Gasteiger partial charge in [0.15, 0.2) is 0 Å². The van der Waals surface area contributed by atoms with Crippen molar-refractivity contribution in [3.63, 3.8) is 0 Å². The number of nitro benzene ring substituents is 1. The molecule has 1 aliphatic rings. The molecule has 1 N–H and O–H groups in total. The third-order valence-electron chi connectivity index (χ3n) is 3.80. The highest BCUT2D eigenvalue weighted by molar-refractivity contribution is 5.35. The van der Waals surface area contributed by atoms with Crippen molar-refractivity contribution in [3.8, 4) is 5.75 Å². The van der Waals surface area contributed by atoms with Crippen LogP contribution < -0.4 is 10.1 Å². The molecule has 1 aromatic rings. The topological polar surface area (TPSA) is 67.6 Å². The maximum Gasteiger partial charge on any atom is 0.269 e.